The Kier molecular flexibility index (Phi) is 6.76. The molecule has 1 fully saturated rings. The van der Waals surface area contributed by atoms with E-state index < -0.39 is 0 Å². The average molecular weight is 383 g/mol. The molecule has 2 aromatic carbocycles. The van der Waals surface area contributed by atoms with Crippen LogP contribution in [-0.4, -0.2) is 63.3 Å². The van der Waals surface area contributed by atoms with Crippen molar-refractivity contribution in [3.05, 3.63) is 59.7 Å². The number of nitrogens with zero attached hydrogens (tertiary/aromatic N) is 2. The summed E-state index contributed by atoms with van der Waals surface area (Å²) >= 11 is 0. The van der Waals surface area contributed by atoms with Crippen molar-refractivity contribution in [1.29, 1.82) is 0 Å². The number of carbonyl (C=O) groups is 1. The number of amides is 2. The van der Waals surface area contributed by atoms with Gasteiger partial charge in [-0.3, -0.25) is 0 Å². The van der Waals surface area contributed by atoms with E-state index in [0.717, 1.165) is 30.2 Å². The first-order valence-electron chi connectivity index (χ1n) is 9.61. The fourth-order valence-electron chi connectivity index (χ4n) is 3.61. The van der Waals surface area contributed by atoms with E-state index in [-0.39, 0.29) is 12.1 Å². The summed E-state index contributed by atoms with van der Waals surface area (Å²) < 4.78 is 10.7. The summed E-state index contributed by atoms with van der Waals surface area (Å²) in [5.41, 5.74) is 2.18. The maximum Gasteiger partial charge on any atom is 0.318 e. The summed E-state index contributed by atoms with van der Waals surface area (Å²) in [6.45, 7) is 2.96. The number of piperazine rings is 1. The van der Waals surface area contributed by atoms with Gasteiger partial charge in [-0.2, -0.15) is 0 Å². The van der Waals surface area contributed by atoms with Crippen LogP contribution >= 0.6 is 0 Å². The smallest absolute Gasteiger partial charge is 0.318 e. The molecule has 0 saturated carbocycles. The number of hydrogen-bond donors (Lipinski definition) is 1. The standard InChI is InChI=1S/C22H29N3O3/c1-24-13-14-25(20(16-24)17-7-5-4-6-8-17)22(26)23-12-11-18-15-19(27-2)9-10-21(18)28-3/h4-10,15,20H,11-14,16H2,1-3H3,(H,23,26). The molecule has 3 rings (SSSR count). The molecule has 1 unspecified atom stereocenters. The van der Waals surface area contributed by atoms with Gasteiger partial charge in [0.25, 0.3) is 0 Å². The van der Waals surface area contributed by atoms with Gasteiger partial charge in [-0.05, 0) is 42.8 Å². The molecular formula is C22H29N3O3. The van der Waals surface area contributed by atoms with E-state index in [4.69, 9.17) is 9.47 Å². The zero-order valence-electron chi connectivity index (χ0n) is 16.9. The van der Waals surface area contributed by atoms with Crippen molar-refractivity contribution in [3.63, 3.8) is 0 Å². The molecule has 0 aliphatic carbocycles. The monoisotopic (exact) mass is 383 g/mol. The van der Waals surface area contributed by atoms with E-state index in [1.54, 1.807) is 14.2 Å². The predicted molar refractivity (Wildman–Crippen MR) is 110 cm³/mol. The van der Waals surface area contributed by atoms with Crippen LogP contribution in [0.25, 0.3) is 0 Å². The molecule has 1 atom stereocenters. The van der Waals surface area contributed by atoms with Crippen LogP contribution in [0.15, 0.2) is 48.5 Å². The van der Waals surface area contributed by atoms with Crippen molar-refractivity contribution >= 4 is 6.03 Å². The zero-order valence-corrected chi connectivity index (χ0v) is 16.9. The second-order valence-electron chi connectivity index (χ2n) is 7.04. The normalized spacial score (nSPS) is 17.2. The Morgan fingerprint density at radius 2 is 1.89 bits per heavy atom. The molecule has 1 heterocycles. The maximum atomic E-state index is 12.9. The van der Waals surface area contributed by atoms with Crippen LogP contribution in [0.3, 0.4) is 0 Å². The second kappa shape index (κ2) is 9.46. The third-order valence-corrected chi connectivity index (χ3v) is 5.19. The highest BCUT2D eigenvalue weighted by atomic mass is 16.5. The van der Waals surface area contributed by atoms with E-state index >= 15 is 0 Å². The minimum atomic E-state index is -0.0242. The molecule has 1 aliphatic heterocycles. The van der Waals surface area contributed by atoms with Gasteiger partial charge in [0.15, 0.2) is 0 Å². The quantitative estimate of drug-likeness (QED) is 0.833. The molecule has 150 valence electrons. The van der Waals surface area contributed by atoms with Gasteiger partial charge in [0.1, 0.15) is 11.5 Å². The summed E-state index contributed by atoms with van der Waals surface area (Å²) in [5.74, 6) is 1.59. The lowest BCUT2D eigenvalue weighted by Gasteiger charge is -2.40. The molecule has 1 saturated heterocycles. The molecule has 6 nitrogen and oxygen atoms in total. The van der Waals surface area contributed by atoms with E-state index in [0.29, 0.717) is 19.5 Å². The minimum Gasteiger partial charge on any atom is -0.497 e. The van der Waals surface area contributed by atoms with Crippen LogP contribution in [0.2, 0.25) is 0 Å². The van der Waals surface area contributed by atoms with Crippen molar-refractivity contribution < 1.29 is 14.3 Å². The number of benzene rings is 2. The molecule has 0 aromatic heterocycles. The van der Waals surface area contributed by atoms with E-state index in [1.807, 2.05) is 41.3 Å². The number of likely N-dealkylation sites (N-methyl/N-ethyl adjacent to an activating group) is 1. The minimum absolute atomic E-state index is 0.0242. The molecular weight excluding hydrogens is 354 g/mol. The van der Waals surface area contributed by atoms with Gasteiger partial charge in [0, 0.05) is 26.2 Å². The van der Waals surface area contributed by atoms with Gasteiger partial charge < -0.3 is 24.6 Å². The maximum absolute atomic E-state index is 12.9. The van der Waals surface area contributed by atoms with E-state index in [1.165, 1.54) is 5.56 Å². The zero-order chi connectivity index (χ0) is 19.9. The Labute approximate surface area is 167 Å². The summed E-state index contributed by atoms with van der Waals surface area (Å²) in [4.78, 5) is 17.1. The van der Waals surface area contributed by atoms with Gasteiger partial charge in [0.2, 0.25) is 0 Å². The van der Waals surface area contributed by atoms with Crippen molar-refractivity contribution in [2.45, 2.75) is 12.5 Å². The third kappa shape index (κ3) is 4.75. The Bertz CT molecular complexity index is 782. The fraction of sp³-hybridized carbons (Fsp3) is 0.409. The lowest BCUT2D eigenvalue weighted by molar-refractivity contribution is 0.109. The van der Waals surface area contributed by atoms with Gasteiger partial charge in [-0.25, -0.2) is 4.79 Å². The Hall–Kier alpha value is -2.73. The van der Waals surface area contributed by atoms with Crippen LogP contribution in [0.1, 0.15) is 17.2 Å². The average Bonchev–Trinajstić information content (AvgIpc) is 2.74. The Morgan fingerprint density at radius 1 is 1.11 bits per heavy atom. The first-order chi connectivity index (χ1) is 13.6. The molecule has 1 aliphatic rings. The Morgan fingerprint density at radius 3 is 2.61 bits per heavy atom. The number of hydrogen-bond acceptors (Lipinski definition) is 4. The highest BCUT2D eigenvalue weighted by molar-refractivity contribution is 5.75. The summed E-state index contributed by atoms with van der Waals surface area (Å²) in [6.07, 6.45) is 0.676. The molecule has 2 aromatic rings. The number of urea groups is 1. The number of nitrogens with one attached hydrogen (secondary N) is 1. The number of rotatable bonds is 6. The predicted octanol–water partition coefficient (Wildman–Crippen LogP) is 2.94. The van der Waals surface area contributed by atoms with Crippen LogP contribution in [-0.2, 0) is 6.42 Å². The van der Waals surface area contributed by atoms with E-state index in [2.05, 4.69) is 29.4 Å². The molecule has 1 N–H and O–H groups in total. The van der Waals surface area contributed by atoms with Gasteiger partial charge >= 0.3 is 6.03 Å². The SMILES string of the molecule is COc1ccc(OC)c(CCNC(=O)N2CCN(C)CC2c2ccccc2)c1. The molecule has 0 bridgehead atoms. The van der Waals surface area contributed by atoms with E-state index in [9.17, 15) is 4.79 Å². The van der Waals surface area contributed by atoms with Crippen LogP contribution in [0.4, 0.5) is 4.79 Å². The van der Waals surface area contributed by atoms with Crippen molar-refractivity contribution in [2.24, 2.45) is 0 Å². The summed E-state index contributed by atoms with van der Waals surface area (Å²) in [6, 6.07) is 16.0. The lowest BCUT2D eigenvalue weighted by atomic mass is 10.0. The third-order valence-electron chi connectivity index (χ3n) is 5.19. The topological polar surface area (TPSA) is 54.0 Å². The number of ether oxygens (including phenoxy) is 2. The number of methoxy groups -OCH3 is 2. The second-order valence-corrected chi connectivity index (χ2v) is 7.04. The van der Waals surface area contributed by atoms with Crippen molar-refractivity contribution in [2.75, 3.05) is 47.4 Å². The molecule has 6 heteroatoms. The lowest BCUT2D eigenvalue weighted by Crippen LogP contribution is -2.52. The first-order valence-corrected chi connectivity index (χ1v) is 9.61. The van der Waals surface area contributed by atoms with Crippen LogP contribution < -0.4 is 14.8 Å². The van der Waals surface area contributed by atoms with Gasteiger partial charge in [0.05, 0.1) is 20.3 Å². The van der Waals surface area contributed by atoms with Gasteiger partial charge in [-0.15, -0.1) is 0 Å². The molecule has 2 amide bonds. The number of carbonyl (C=O) groups excluding carboxylic acids is 1. The molecule has 0 radical (unpaired) electrons. The van der Waals surface area contributed by atoms with Crippen molar-refractivity contribution in [3.8, 4) is 11.5 Å². The highest BCUT2D eigenvalue weighted by Crippen LogP contribution is 2.26. The molecule has 28 heavy (non-hydrogen) atoms. The first kappa shape index (κ1) is 20.0. The molecule has 0 spiro atoms. The fourth-order valence-corrected chi connectivity index (χ4v) is 3.61. The van der Waals surface area contributed by atoms with Gasteiger partial charge in [-0.1, -0.05) is 30.3 Å². The van der Waals surface area contributed by atoms with Crippen LogP contribution in [0.5, 0.6) is 11.5 Å². The Balaban J connectivity index is 1.64. The summed E-state index contributed by atoms with van der Waals surface area (Å²) in [5, 5.41) is 3.08. The largest absolute Gasteiger partial charge is 0.497 e. The van der Waals surface area contributed by atoms with Crippen LogP contribution in [0, 0.1) is 0 Å². The highest BCUT2D eigenvalue weighted by Gasteiger charge is 2.29. The summed E-state index contributed by atoms with van der Waals surface area (Å²) in [7, 11) is 5.39. The van der Waals surface area contributed by atoms with Crippen molar-refractivity contribution in [1.82, 2.24) is 15.1 Å².